The minimum Gasteiger partial charge on any atom is -0.492 e. The highest BCUT2D eigenvalue weighted by molar-refractivity contribution is 5.90. The molecule has 0 spiro atoms. The van der Waals surface area contributed by atoms with E-state index in [-0.39, 0.29) is 0 Å². The molecule has 0 saturated heterocycles. The van der Waals surface area contributed by atoms with Crippen LogP contribution < -0.4 is 4.74 Å². The van der Waals surface area contributed by atoms with Crippen molar-refractivity contribution in [2.75, 3.05) is 6.61 Å². The molecule has 2 aromatic rings. The van der Waals surface area contributed by atoms with Crippen LogP contribution in [0.25, 0.3) is 16.7 Å². The molecule has 1 aliphatic heterocycles. The normalized spacial score (nSPS) is 14.7. The molecular formula is C17H17NO4. The van der Waals surface area contributed by atoms with Gasteiger partial charge in [-0.25, -0.2) is 0 Å². The molecule has 0 bridgehead atoms. The molecule has 0 atom stereocenters. The Kier molecular flexibility index (Phi) is 3.96. The standard InChI is InChI=1S/C17H17NO4/c1-11-9-12(2)18-22-17(11)16-10-13-14(20-8-4-7-19)5-3-6-15(13)21-16/h3,5-7,10H,4,8-9H2,1-2H3. The zero-order chi connectivity index (χ0) is 15.5. The number of furan rings is 1. The summed E-state index contributed by atoms with van der Waals surface area (Å²) in [6.45, 7) is 4.28. The van der Waals surface area contributed by atoms with Gasteiger partial charge in [-0.1, -0.05) is 11.2 Å². The van der Waals surface area contributed by atoms with Gasteiger partial charge in [-0.05, 0) is 37.6 Å². The SMILES string of the molecule is CC1=NOC(c2cc3c(OCCC=O)cccc3o2)=C(C)C1. The largest absolute Gasteiger partial charge is 0.492 e. The van der Waals surface area contributed by atoms with Crippen molar-refractivity contribution < 1.29 is 18.8 Å². The maximum absolute atomic E-state index is 10.4. The van der Waals surface area contributed by atoms with Gasteiger partial charge < -0.3 is 18.8 Å². The van der Waals surface area contributed by atoms with Gasteiger partial charge in [0.05, 0.1) is 17.7 Å². The van der Waals surface area contributed by atoms with Gasteiger partial charge in [0.1, 0.15) is 17.6 Å². The number of carbonyl (C=O) groups is 1. The van der Waals surface area contributed by atoms with Crippen LogP contribution in [0.2, 0.25) is 0 Å². The summed E-state index contributed by atoms with van der Waals surface area (Å²) in [5.41, 5.74) is 2.74. The number of nitrogens with zero attached hydrogens (tertiary/aromatic N) is 1. The van der Waals surface area contributed by atoms with Crippen molar-refractivity contribution in [3.8, 4) is 5.75 Å². The Hall–Kier alpha value is -2.56. The fourth-order valence-corrected chi connectivity index (χ4v) is 2.44. The van der Waals surface area contributed by atoms with Crippen LogP contribution in [0.4, 0.5) is 0 Å². The molecule has 2 heterocycles. The van der Waals surface area contributed by atoms with Crippen molar-refractivity contribution in [3.05, 3.63) is 35.6 Å². The lowest BCUT2D eigenvalue weighted by molar-refractivity contribution is -0.108. The average molecular weight is 299 g/mol. The Morgan fingerprint density at radius 2 is 2.23 bits per heavy atom. The Balaban J connectivity index is 1.95. The summed E-state index contributed by atoms with van der Waals surface area (Å²) in [5.74, 6) is 1.99. The highest BCUT2D eigenvalue weighted by Gasteiger charge is 2.19. The maximum atomic E-state index is 10.4. The first-order valence-electron chi connectivity index (χ1n) is 7.18. The fourth-order valence-electron chi connectivity index (χ4n) is 2.44. The maximum Gasteiger partial charge on any atom is 0.199 e. The molecule has 5 heteroatoms. The average Bonchev–Trinajstić information content (AvgIpc) is 2.92. The third-order valence-corrected chi connectivity index (χ3v) is 3.44. The summed E-state index contributed by atoms with van der Waals surface area (Å²) in [6.07, 6.45) is 1.98. The van der Waals surface area contributed by atoms with E-state index < -0.39 is 0 Å². The molecule has 114 valence electrons. The summed E-state index contributed by atoms with van der Waals surface area (Å²) < 4.78 is 11.5. The molecule has 0 saturated carbocycles. The van der Waals surface area contributed by atoms with E-state index in [9.17, 15) is 4.79 Å². The van der Waals surface area contributed by atoms with Crippen LogP contribution in [0, 0.1) is 0 Å². The molecule has 3 rings (SSSR count). The minimum atomic E-state index is 0.352. The van der Waals surface area contributed by atoms with E-state index in [1.165, 1.54) is 0 Å². The van der Waals surface area contributed by atoms with Gasteiger partial charge in [0.2, 0.25) is 0 Å². The van der Waals surface area contributed by atoms with E-state index in [1.807, 2.05) is 38.1 Å². The lowest BCUT2D eigenvalue weighted by atomic mass is 10.1. The van der Waals surface area contributed by atoms with Crippen LogP contribution in [0.3, 0.4) is 0 Å². The Morgan fingerprint density at radius 3 is 3.00 bits per heavy atom. The van der Waals surface area contributed by atoms with Crippen LogP contribution in [-0.2, 0) is 9.63 Å². The predicted octanol–water partition coefficient (Wildman–Crippen LogP) is 3.93. The highest BCUT2D eigenvalue weighted by atomic mass is 16.6. The topological polar surface area (TPSA) is 61.0 Å². The molecule has 5 nitrogen and oxygen atoms in total. The third kappa shape index (κ3) is 2.74. The van der Waals surface area contributed by atoms with Crippen molar-refractivity contribution >= 4 is 28.7 Å². The summed E-state index contributed by atoms with van der Waals surface area (Å²) in [4.78, 5) is 15.8. The number of rotatable bonds is 5. The third-order valence-electron chi connectivity index (χ3n) is 3.44. The van der Waals surface area contributed by atoms with Crippen molar-refractivity contribution in [1.82, 2.24) is 0 Å². The van der Waals surface area contributed by atoms with Gasteiger partial charge in [-0.3, -0.25) is 0 Å². The van der Waals surface area contributed by atoms with Gasteiger partial charge in [0, 0.05) is 12.8 Å². The number of allylic oxidation sites excluding steroid dienone is 1. The molecule has 0 unspecified atom stereocenters. The van der Waals surface area contributed by atoms with E-state index >= 15 is 0 Å². The Labute approximate surface area is 128 Å². The first kappa shape index (κ1) is 14.4. The summed E-state index contributed by atoms with van der Waals surface area (Å²) >= 11 is 0. The number of fused-ring (bicyclic) bond motifs is 1. The minimum absolute atomic E-state index is 0.352. The molecule has 0 N–H and O–H groups in total. The van der Waals surface area contributed by atoms with E-state index in [1.54, 1.807) is 0 Å². The number of ether oxygens (including phenoxy) is 1. The molecular weight excluding hydrogens is 282 g/mol. The molecule has 22 heavy (non-hydrogen) atoms. The van der Waals surface area contributed by atoms with E-state index in [0.717, 1.165) is 29.4 Å². The van der Waals surface area contributed by atoms with E-state index in [4.69, 9.17) is 14.0 Å². The second-order valence-electron chi connectivity index (χ2n) is 5.29. The second-order valence-corrected chi connectivity index (χ2v) is 5.29. The Bertz CT molecular complexity index is 770. The van der Waals surface area contributed by atoms with Crippen LogP contribution in [0.15, 0.2) is 39.4 Å². The quantitative estimate of drug-likeness (QED) is 0.620. The second kappa shape index (κ2) is 6.05. The predicted molar refractivity (Wildman–Crippen MR) is 83.8 cm³/mol. The van der Waals surface area contributed by atoms with Crippen molar-refractivity contribution in [2.24, 2.45) is 5.16 Å². The fraction of sp³-hybridized carbons (Fsp3) is 0.294. The van der Waals surface area contributed by atoms with Gasteiger partial charge in [0.15, 0.2) is 11.5 Å². The monoisotopic (exact) mass is 299 g/mol. The molecule has 0 radical (unpaired) electrons. The van der Waals surface area contributed by atoms with Crippen LogP contribution in [0.5, 0.6) is 5.75 Å². The number of benzene rings is 1. The van der Waals surface area contributed by atoms with Crippen LogP contribution in [-0.4, -0.2) is 18.6 Å². The molecule has 0 aliphatic carbocycles. The van der Waals surface area contributed by atoms with E-state index in [2.05, 4.69) is 5.16 Å². The van der Waals surface area contributed by atoms with Gasteiger partial charge in [-0.15, -0.1) is 0 Å². The Morgan fingerprint density at radius 1 is 1.36 bits per heavy atom. The zero-order valence-corrected chi connectivity index (χ0v) is 12.6. The molecule has 1 aromatic heterocycles. The first-order valence-corrected chi connectivity index (χ1v) is 7.18. The van der Waals surface area contributed by atoms with Crippen molar-refractivity contribution in [3.63, 3.8) is 0 Å². The number of hydrogen-bond acceptors (Lipinski definition) is 5. The van der Waals surface area contributed by atoms with Gasteiger partial charge in [0.25, 0.3) is 0 Å². The molecule has 1 aliphatic rings. The summed E-state index contributed by atoms with van der Waals surface area (Å²) in [7, 11) is 0. The van der Waals surface area contributed by atoms with Gasteiger partial charge in [-0.2, -0.15) is 0 Å². The first-order chi connectivity index (χ1) is 10.7. The lowest BCUT2D eigenvalue weighted by Gasteiger charge is -2.12. The number of oxime groups is 1. The summed E-state index contributed by atoms with van der Waals surface area (Å²) in [6, 6.07) is 7.48. The number of aldehydes is 1. The molecule has 0 fully saturated rings. The molecule has 1 aromatic carbocycles. The van der Waals surface area contributed by atoms with Crippen LogP contribution in [0.1, 0.15) is 32.4 Å². The highest BCUT2D eigenvalue weighted by Crippen LogP contribution is 2.34. The van der Waals surface area contributed by atoms with Crippen molar-refractivity contribution in [1.29, 1.82) is 0 Å². The summed E-state index contributed by atoms with van der Waals surface area (Å²) in [5, 5.41) is 4.88. The van der Waals surface area contributed by atoms with E-state index in [0.29, 0.717) is 35.9 Å². The van der Waals surface area contributed by atoms with Crippen LogP contribution >= 0.6 is 0 Å². The number of hydrogen-bond donors (Lipinski definition) is 0. The van der Waals surface area contributed by atoms with Gasteiger partial charge >= 0.3 is 0 Å². The smallest absolute Gasteiger partial charge is 0.199 e. The molecule has 0 amide bonds. The lowest BCUT2D eigenvalue weighted by Crippen LogP contribution is -2.03. The number of carbonyl (C=O) groups excluding carboxylic acids is 1. The van der Waals surface area contributed by atoms with Crippen molar-refractivity contribution in [2.45, 2.75) is 26.7 Å². The zero-order valence-electron chi connectivity index (χ0n) is 12.6.